The molecule has 0 spiro atoms. The minimum absolute atomic E-state index is 0.0973. The van der Waals surface area contributed by atoms with Crippen molar-refractivity contribution in [1.29, 1.82) is 0 Å². The zero-order chi connectivity index (χ0) is 17.9. The Morgan fingerprint density at radius 2 is 1.33 bits per heavy atom. The second-order valence-electron chi connectivity index (χ2n) is 6.80. The Kier molecular flexibility index (Phi) is 18.4. The van der Waals surface area contributed by atoms with Gasteiger partial charge >= 0.3 is 7.48 Å². The van der Waals surface area contributed by atoms with Crippen LogP contribution in [-0.2, 0) is 14.2 Å². The molecule has 24 heavy (non-hydrogen) atoms. The molecule has 0 aliphatic rings. The molecule has 0 saturated carbocycles. The lowest BCUT2D eigenvalue weighted by Gasteiger charge is -2.15. The first-order valence-electron chi connectivity index (χ1n) is 10.2. The van der Waals surface area contributed by atoms with Gasteiger partial charge in [0, 0.05) is 13.5 Å². The van der Waals surface area contributed by atoms with Crippen LogP contribution in [0.15, 0.2) is 0 Å². The SMILES string of the molecule is C[B]OC(=O)CCCCCCCCCCC(CCCCCC)OC. The molecule has 0 aliphatic heterocycles. The van der Waals surface area contributed by atoms with Crippen LogP contribution in [0.3, 0.4) is 0 Å². The van der Waals surface area contributed by atoms with Crippen molar-refractivity contribution in [2.24, 2.45) is 0 Å². The Morgan fingerprint density at radius 3 is 1.83 bits per heavy atom. The number of unbranched alkanes of at least 4 members (excludes halogenated alkanes) is 10. The lowest BCUT2D eigenvalue weighted by Crippen LogP contribution is -2.10. The summed E-state index contributed by atoms with van der Waals surface area (Å²) in [5, 5.41) is 0. The number of ether oxygens (including phenoxy) is 1. The summed E-state index contributed by atoms with van der Waals surface area (Å²) < 4.78 is 10.4. The van der Waals surface area contributed by atoms with Gasteiger partial charge in [-0.2, -0.15) is 0 Å². The van der Waals surface area contributed by atoms with Crippen molar-refractivity contribution < 1.29 is 14.2 Å². The van der Waals surface area contributed by atoms with Crippen LogP contribution in [0, 0.1) is 0 Å². The van der Waals surface area contributed by atoms with Gasteiger partial charge in [0.15, 0.2) is 0 Å². The molecule has 0 fully saturated rings. The number of carbonyl (C=O) groups is 1. The molecule has 0 heterocycles. The van der Waals surface area contributed by atoms with Crippen molar-refractivity contribution in [3.8, 4) is 0 Å². The van der Waals surface area contributed by atoms with Crippen LogP contribution in [-0.4, -0.2) is 26.7 Å². The molecular weight excluding hydrogens is 299 g/mol. The first-order chi connectivity index (χ1) is 11.7. The normalized spacial score (nSPS) is 12.1. The van der Waals surface area contributed by atoms with Gasteiger partial charge in [-0.1, -0.05) is 84.4 Å². The van der Waals surface area contributed by atoms with E-state index in [0.717, 1.165) is 12.8 Å². The number of carbonyl (C=O) groups excluding carboxylic acids is 1. The maximum Gasteiger partial charge on any atom is 0.370 e. The van der Waals surface area contributed by atoms with Crippen molar-refractivity contribution >= 4 is 13.5 Å². The van der Waals surface area contributed by atoms with Crippen LogP contribution >= 0.6 is 0 Å². The highest BCUT2D eigenvalue weighted by Crippen LogP contribution is 2.16. The van der Waals surface area contributed by atoms with E-state index in [0.29, 0.717) is 12.5 Å². The fourth-order valence-corrected chi connectivity index (χ4v) is 3.07. The summed E-state index contributed by atoms with van der Waals surface area (Å²) in [6.07, 6.45) is 18.7. The minimum atomic E-state index is -0.0973. The Hall–Kier alpha value is -0.505. The Bertz CT molecular complexity index is 272. The lowest BCUT2D eigenvalue weighted by atomic mass is 10.0. The van der Waals surface area contributed by atoms with Crippen LogP contribution < -0.4 is 0 Å². The van der Waals surface area contributed by atoms with Crippen molar-refractivity contribution in [2.75, 3.05) is 7.11 Å². The number of hydrogen-bond donors (Lipinski definition) is 0. The summed E-state index contributed by atoms with van der Waals surface area (Å²) in [5.74, 6) is -0.0973. The van der Waals surface area contributed by atoms with Crippen molar-refractivity contribution in [3.05, 3.63) is 0 Å². The molecule has 3 nitrogen and oxygen atoms in total. The van der Waals surface area contributed by atoms with Gasteiger partial charge in [-0.3, -0.25) is 4.79 Å². The summed E-state index contributed by atoms with van der Waals surface area (Å²) >= 11 is 0. The van der Waals surface area contributed by atoms with Crippen molar-refractivity contribution in [3.63, 3.8) is 0 Å². The third-order valence-corrected chi connectivity index (χ3v) is 4.62. The second-order valence-corrected chi connectivity index (χ2v) is 6.80. The van der Waals surface area contributed by atoms with Gasteiger partial charge in [-0.25, -0.2) is 0 Å². The number of rotatable bonds is 18. The van der Waals surface area contributed by atoms with E-state index in [1.165, 1.54) is 84.5 Å². The van der Waals surface area contributed by atoms with Crippen molar-refractivity contribution in [2.45, 2.75) is 116 Å². The molecule has 4 heteroatoms. The molecule has 0 aliphatic carbocycles. The van der Waals surface area contributed by atoms with Crippen LogP contribution in [0.1, 0.15) is 103 Å². The molecule has 1 atom stereocenters. The van der Waals surface area contributed by atoms with Gasteiger partial charge in [-0.15, -0.1) is 0 Å². The predicted molar refractivity (Wildman–Crippen MR) is 103 cm³/mol. The average Bonchev–Trinajstić information content (AvgIpc) is 2.58. The fraction of sp³-hybridized carbons (Fsp3) is 0.950. The predicted octanol–water partition coefficient (Wildman–Crippen LogP) is 6.08. The van der Waals surface area contributed by atoms with Crippen LogP contribution in [0.5, 0.6) is 0 Å². The first kappa shape index (κ1) is 23.5. The summed E-state index contributed by atoms with van der Waals surface area (Å²) in [4.78, 5) is 11.2. The van der Waals surface area contributed by atoms with Crippen LogP contribution in [0.2, 0.25) is 6.82 Å². The van der Waals surface area contributed by atoms with E-state index in [-0.39, 0.29) is 5.97 Å². The summed E-state index contributed by atoms with van der Waals surface area (Å²) in [6, 6.07) is 0. The first-order valence-corrected chi connectivity index (χ1v) is 10.2. The minimum Gasteiger partial charge on any atom is -0.539 e. The zero-order valence-electron chi connectivity index (χ0n) is 16.5. The van der Waals surface area contributed by atoms with Gasteiger partial charge in [0.05, 0.1) is 6.10 Å². The van der Waals surface area contributed by atoms with Gasteiger partial charge in [0.1, 0.15) is 0 Å². The topological polar surface area (TPSA) is 35.5 Å². The van der Waals surface area contributed by atoms with Crippen molar-refractivity contribution in [1.82, 2.24) is 0 Å². The van der Waals surface area contributed by atoms with Crippen LogP contribution in [0.4, 0.5) is 0 Å². The molecule has 0 amide bonds. The molecule has 0 aromatic carbocycles. The average molecular weight is 339 g/mol. The van der Waals surface area contributed by atoms with Gasteiger partial charge in [0.25, 0.3) is 5.97 Å². The number of methoxy groups -OCH3 is 1. The maximum absolute atomic E-state index is 11.2. The maximum atomic E-state index is 11.2. The van der Waals surface area contributed by atoms with Gasteiger partial charge < -0.3 is 9.39 Å². The monoisotopic (exact) mass is 339 g/mol. The second kappa shape index (κ2) is 18.8. The standard InChI is InChI=1S/C20H40BO3/c1-4-5-6-13-16-19(23-3)17-14-11-9-7-8-10-12-15-18-20(22)24-21-2/h19H,4-18H2,1-3H3. The molecule has 141 valence electrons. The third kappa shape index (κ3) is 16.4. The Labute approximate surface area is 151 Å². The van der Waals surface area contributed by atoms with Crippen LogP contribution in [0.25, 0.3) is 0 Å². The molecule has 0 rings (SSSR count). The smallest absolute Gasteiger partial charge is 0.370 e. The van der Waals surface area contributed by atoms with E-state index in [1.54, 1.807) is 6.82 Å². The molecular formula is C20H40BO3. The summed E-state index contributed by atoms with van der Waals surface area (Å²) in [6.45, 7) is 3.99. The van der Waals surface area contributed by atoms with E-state index < -0.39 is 0 Å². The fourth-order valence-electron chi connectivity index (χ4n) is 3.07. The highest BCUT2D eigenvalue weighted by molar-refractivity contribution is 6.28. The molecule has 0 aromatic rings. The molecule has 0 N–H and O–H groups in total. The molecule has 1 radical (unpaired) electrons. The van der Waals surface area contributed by atoms with E-state index in [1.807, 2.05) is 7.11 Å². The van der Waals surface area contributed by atoms with E-state index >= 15 is 0 Å². The lowest BCUT2D eigenvalue weighted by molar-refractivity contribution is -0.134. The van der Waals surface area contributed by atoms with E-state index in [2.05, 4.69) is 6.92 Å². The van der Waals surface area contributed by atoms with E-state index in [4.69, 9.17) is 9.39 Å². The number of hydrogen-bond acceptors (Lipinski definition) is 3. The summed E-state index contributed by atoms with van der Waals surface area (Å²) in [7, 11) is 3.32. The Morgan fingerprint density at radius 1 is 0.833 bits per heavy atom. The largest absolute Gasteiger partial charge is 0.539 e. The Balaban J connectivity index is 3.29. The molecule has 1 unspecified atom stereocenters. The van der Waals surface area contributed by atoms with Gasteiger partial charge in [-0.05, 0) is 19.3 Å². The summed E-state index contributed by atoms with van der Waals surface area (Å²) in [5.41, 5.74) is 0. The molecule has 0 bridgehead atoms. The zero-order valence-corrected chi connectivity index (χ0v) is 16.5. The molecule has 0 saturated heterocycles. The van der Waals surface area contributed by atoms with Gasteiger partial charge in [0.2, 0.25) is 0 Å². The highest BCUT2D eigenvalue weighted by atomic mass is 16.5. The molecule has 0 aromatic heterocycles. The highest BCUT2D eigenvalue weighted by Gasteiger charge is 2.06. The van der Waals surface area contributed by atoms with E-state index in [9.17, 15) is 4.79 Å². The quantitative estimate of drug-likeness (QED) is 0.224. The third-order valence-electron chi connectivity index (χ3n) is 4.62.